The van der Waals surface area contributed by atoms with E-state index in [2.05, 4.69) is 4.74 Å². The molecule has 1 aromatic carbocycles. The van der Waals surface area contributed by atoms with E-state index in [1.165, 1.54) is 25.3 Å². The van der Waals surface area contributed by atoms with Crippen molar-refractivity contribution in [1.29, 1.82) is 0 Å². The molecule has 0 amide bonds. The number of aliphatic hydroxyl groups is 1. The third-order valence-corrected chi connectivity index (χ3v) is 2.90. The topological polar surface area (TPSA) is 49.8 Å². The zero-order valence-corrected chi connectivity index (χ0v) is 10.8. The maximum atomic E-state index is 13.6. The van der Waals surface area contributed by atoms with E-state index in [-0.39, 0.29) is 18.5 Å². The predicted octanol–water partition coefficient (Wildman–Crippen LogP) is 1.42. The van der Waals surface area contributed by atoms with Gasteiger partial charge in [-0.15, -0.1) is 0 Å². The van der Waals surface area contributed by atoms with Gasteiger partial charge in [0.25, 0.3) is 0 Å². The molecule has 1 atom stereocenters. The predicted molar refractivity (Wildman–Crippen MR) is 65.8 cm³/mol. The first-order chi connectivity index (χ1) is 8.49. The number of carbonyl (C=O) groups is 1. The molecule has 5 heteroatoms. The lowest BCUT2D eigenvalue weighted by Crippen LogP contribution is -2.31. The first kappa shape index (κ1) is 14.6. The van der Waals surface area contributed by atoms with E-state index in [0.717, 1.165) is 0 Å². The van der Waals surface area contributed by atoms with E-state index in [9.17, 15) is 9.18 Å². The molecule has 1 rings (SSSR count). The van der Waals surface area contributed by atoms with E-state index in [1.807, 2.05) is 6.92 Å². The maximum absolute atomic E-state index is 13.6. The van der Waals surface area contributed by atoms with Crippen LogP contribution in [-0.4, -0.2) is 42.8 Å². The molecule has 0 saturated carbocycles. The second-order valence-corrected chi connectivity index (χ2v) is 4.24. The Hall–Kier alpha value is -1.46. The standard InChI is InChI=1S/C13H18FNO3/c1-9(8-16)15(2)7-11-6-10(13(17)18-3)4-5-12(11)14/h4-6,9,16H,7-8H2,1-3H3. The van der Waals surface area contributed by atoms with Gasteiger partial charge in [0.1, 0.15) is 5.82 Å². The van der Waals surface area contributed by atoms with Gasteiger partial charge in [0.05, 0.1) is 19.3 Å². The van der Waals surface area contributed by atoms with Gasteiger partial charge in [0, 0.05) is 18.2 Å². The molecule has 0 aliphatic rings. The fraction of sp³-hybridized carbons (Fsp3) is 0.462. The molecule has 0 fully saturated rings. The lowest BCUT2D eigenvalue weighted by atomic mass is 10.1. The summed E-state index contributed by atoms with van der Waals surface area (Å²) in [6, 6.07) is 4.03. The molecular formula is C13H18FNO3. The molecule has 1 aromatic rings. The second-order valence-electron chi connectivity index (χ2n) is 4.24. The van der Waals surface area contributed by atoms with Crippen LogP contribution in [-0.2, 0) is 11.3 Å². The Morgan fingerprint density at radius 1 is 1.56 bits per heavy atom. The highest BCUT2D eigenvalue weighted by atomic mass is 19.1. The van der Waals surface area contributed by atoms with E-state index < -0.39 is 5.97 Å². The molecular weight excluding hydrogens is 237 g/mol. The number of esters is 1. The Kier molecular flexibility index (Phi) is 5.25. The number of likely N-dealkylation sites (N-methyl/N-ethyl adjacent to an activating group) is 1. The third-order valence-electron chi connectivity index (χ3n) is 2.90. The Bertz CT molecular complexity index is 423. The van der Waals surface area contributed by atoms with Crippen LogP contribution in [0.1, 0.15) is 22.8 Å². The van der Waals surface area contributed by atoms with Gasteiger partial charge in [-0.1, -0.05) is 0 Å². The number of aliphatic hydroxyl groups excluding tert-OH is 1. The summed E-state index contributed by atoms with van der Waals surface area (Å²) in [4.78, 5) is 13.2. The zero-order valence-electron chi connectivity index (χ0n) is 10.8. The number of ether oxygens (including phenoxy) is 1. The number of carbonyl (C=O) groups excluding carboxylic acids is 1. The number of halogens is 1. The zero-order chi connectivity index (χ0) is 13.7. The van der Waals surface area contributed by atoms with Crippen LogP contribution in [0.2, 0.25) is 0 Å². The summed E-state index contributed by atoms with van der Waals surface area (Å²) in [6.07, 6.45) is 0. The average Bonchev–Trinajstić information content (AvgIpc) is 2.39. The van der Waals surface area contributed by atoms with Crippen molar-refractivity contribution in [3.05, 3.63) is 35.1 Å². The Labute approximate surface area is 106 Å². The van der Waals surface area contributed by atoms with Crippen molar-refractivity contribution in [2.75, 3.05) is 20.8 Å². The molecule has 0 aromatic heterocycles. The molecule has 100 valence electrons. The number of nitrogens with zero attached hydrogens (tertiary/aromatic N) is 1. The van der Waals surface area contributed by atoms with E-state index in [4.69, 9.17) is 5.11 Å². The molecule has 0 radical (unpaired) electrons. The quantitative estimate of drug-likeness (QED) is 0.809. The van der Waals surface area contributed by atoms with Crippen molar-refractivity contribution in [3.8, 4) is 0 Å². The SMILES string of the molecule is COC(=O)c1ccc(F)c(CN(C)C(C)CO)c1. The number of methoxy groups -OCH3 is 1. The smallest absolute Gasteiger partial charge is 0.337 e. The van der Waals surface area contributed by atoms with Crippen LogP contribution < -0.4 is 0 Å². The highest BCUT2D eigenvalue weighted by Crippen LogP contribution is 2.14. The molecule has 0 bridgehead atoms. The second kappa shape index (κ2) is 6.47. The van der Waals surface area contributed by atoms with Crippen LogP contribution in [0.15, 0.2) is 18.2 Å². The van der Waals surface area contributed by atoms with Crippen LogP contribution in [0.3, 0.4) is 0 Å². The molecule has 0 aliphatic carbocycles. The average molecular weight is 255 g/mol. The van der Waals surface area contributed by atoms with Gasteiger partial charge in [-0.25, -0.2) is 9.18 Å². The van der Waals surface area contributed by atoms with Gasteiger partial charge in [-0.05, 0) is 32.2 Å². The van der Waals surface area contributed by atoms with Gasteiger partial charge in [-0.3, -0.25) is 4.90 Å². The van der Waals surface area contributed by atoms with Crippen LogP contribution in [0.25, 0.3) is 0 Å². The molecule has 0 aliphatic heterocycles. The molecule has 1 N–H and O–H groups in total. The summed E-state index contributed by atoms with van der Waals surface area (Å²) in [5.74, 6) is -0.867. The summed E-state index contributed by atoms with van der Waals surface area (Å²) >= 11 is 0. The normalized spacial score (nSPS) is 12.6. The van der Waals surface area contributed by atoms with Gasteiger partial charge in [0.15, 0.2) is 0 Å². The summed E-state index contributed by atoms with van der Waals surface area (Å²) in [5, 5.41) is 9.02. The monoisotopic (exact) mass is 255 g/mol. The van der Waals surface area contributed by atoms with Crippen LogP contribution in [0, 0.1) is 5.82 Å². The lowest BCUT2D eigenvalue weighted by Gasteiger charge is -2.23. The molecule has 1 unspecified atom stereocenters. The number of hydrogen-bond donors (Lipinski definition) is 1. The largest absolute Gasteiger partial charge is 0.465 e. The van der Waals surface area contributed by atoms with Crippen molar-refractivity contribution >= 4 is 5.97 Å². The fourth-order valence-electron chi connectivity index (χ4n) is 1.50. The first-order valence-corrected chi connectivity index (χ1v) is 5.67. The lowest BCUT2D eigenvalue weighted by molar-refractivity contribution is 0.0600. The Morgan fingerprint density at radius 2 is 2.22 bits per heavy atom. The summed E-state index contributed by atoms with van der Waals surface area (Å²) < 4.78 is 18.2. The van der Waals surface area contributed by atoms with Crippen molar-refractivity contribution in [2.24, 2.45) is 0 Å². The van der Waals surface area contributed by atoms with Crippen molar-refractivity contribution < 1.29 is 19.0 Å². The summed E-state index contributed by atoms with van der Waals surface area (Å²) in [7, 11) is 3.07. The molecule has 0 saturated heterocycles. The highest BCUT2D eigenvalue weighted by Gasteiger charge is 2.14. The number of benzene rings is 1. The minimum Gasteiger partial charge on any atom is -0.465 e. The summed E-state index contributed by atoms with van der Waals surface area (Å²) in [5.41, 5.74) is 0.722. The molecule has 0 spiro atoms. The molecule has 18 heavy (non-hydrogen) atoms. The van der Waals surface area contributed by atoms with Gasteiger partial charge >= 0.3 is 5.97 Å². The Balaban J connectivity index is 2.91. The minimum atomic E-state index is -0.492. The van der Waals surface area contributed by atoms with E-state index >= 15 is 0 Å². The van der Waals surface area contributed by atoms with Crippen molar-refractivity contribution in [1.82, 2.24) is 4.90 Å². The van der Waals surface area contributed by atoms with E-state index in [0.29, 0.717) is 17.7 Å². The molecule has 0 heterocycles. The number of rotatable bonds is 5. The van der Waals surface area contributed by atoms with Crippen LogP contribution in [0.5, 0.6) is 0 Å². The highest BCUT2D eigenvalue weighted by molar-refractivity contribution is 5.89. The number of hydrogen-bond acceptors (Lipinski definition) is 4. The molecule has 4 nitrogen and oxygen atoms in total. The van der Waals surface area contributed by atoms with Gasteiger partial charge < -0.3 is 9.84 Å². The first-order valence-electron chi connectivity index (χ1n) is 5.67. The Morgan fingerprint density at radius 3 is 2.78 bits per heavy atom. The fourth-order valence-corrected chi connectivity index (χ4v) is 1.50. The van der Waals surface area contributed by atoms with Crippen molar-refractivity contribution in [2.45, 2.75) is 19.5 Å². The van der Waals surface area contributed by atoms with E-state index in [1.54, 1.807) is 11.9 Å². The van der Waals surface area contributed by atoms with Crippen LogP contribution >= 0.6 is 0 Å². The van der Waals surface area contributed by atoms with Crippen molar-refractivity contribution in [3.63, 3.8) is 0 Å². The maximum Gasteiger partial charge on any atom is 0.337 e. The summed E-state index contributed by atoms with van der Waals surface area (Å²) in [6.45, 7) is 2.15. The van der Waals surface area contributed by atoms with Crippen LogP contribution in [0.4, 0.5) is 4.39 Å². The van der Waals surface area contributed by atoms with Gasteiger partial charge in [-0.2, -0.15) is 0 Å². The minimum absolute atomic E-state index is 0.00515. The third kappa shape index (κ3) is 3.51. The van der Waals surface area contributed by atoms with Gasteiger partial charge in [0.2, 0.25) is 0 Å².